The summed E-state index contributed by atoms with van der Waals surface area (Å²) < 4.78 is 25.1. The second-order valence-corrected chi connectivity index (χ2v) is 7.00. The van der Waals surface area contributed by atoms with Gasteiger partial charge in [-0.15, -0.1) is 0 Å². The zero-order valence-electron chi connectivity index (χ0n) is 16.2. The highest BCUT2D eigenvalue weighted by Gasteiger charge is 2.17. The molecular weight excluding hydrogens is 427 g/mol. The van der Waals surface area contributed by atoms with Crippen LogP contribution in [0.5, 0.6) is 0 Å². The number of hydrazone groups is 1. The van der Waals surface area contributed by atoms with E-state index in [1.54, 1.807) is 35.2 Å². The second-order valence-electron chi connectivity index (χ2n) is 6.60. The molecule has 0 atom stereocenters. The highest BCUT2D eigenvalue weighted by molar-refractivity contribution is 6.33. The summed E-state index contributed by atoms with van der Waals surface area (Å²) in [5, 5.41) is 4.31. The molecule has 160 valence electrons. The average molecular weight is 445 g/mol. The minimum absolute atomic E-state index is 0.148. The Morgan fingerprint density at radius 2 is 2.10 bits per heavy atom. The molecule has 1 fully saturated rings. The summed E-state index contributed by atoms with van der Waals surface area (Å²) in [6.45, 7) is 2.13. The van der Waals surface area contributed by atoms with Crippen molar-refractivity contribution in [2.45, 2.75) is 0 Å². The number of carbonyl (C=O) groups is 1. The van der Waals surface area contributed by atoms with Crippen molar-refractivity contribution in [1.29, 1.82) is 0 Å². The maximum absolute atomic E-state index is 14.1. The largest absolute Gasteiger partial charge is 0.455 e. The van der Waals surface area contributed by atoms with Crippen LogP contribution in [-0.2, 0) is 4.74 Å². The van der Waals surface area contributed by atoms with Crippen molar-refractivity contribution in [3.05, 3.63) is 58.7 Å². The normalized spacial score (nSPS) is 14.2. The van der Waals surface area contributed by atoms with E-state index >= 15 is 0 Å². The number of hydrogen-bond donors (Lipinski definition) is 2. The number of benzene rings is 1. The van der Waals surface area contributed by atoms with Crippen molar-refractivity contribution in [1.82, 2.24) is 9.97 Å². The molecular formula is C20H18ClFN6O3. The van der Waals surface area contributed by atoms with E-state index in [2.05, 4.69) is 20.5 Å². The molecule has 3 aromatic rings. The van der Waals surface area contributed by atoms with Gasteiger partial charge in [0.1, 0.15) is 11.5 Å². The summed E-state index contributed by atoms with van der Waals surface area (Å²) >= 11 is 5.98. The number of nitrogens with two attached hydrogens (primary N) is 1. The molecule has 3 heterocycles. The first-order valence-electron chi connectivity index (χ1n) is 9.35. The summed E-state index contributed by atoms with van der Waals surface area (Å²) in [6.07, 6.45) is 2.52. The lowest BCUT2D eigenvalue weighted by molar-refractivity contribution is 0.100. The van der Waals surface area contributed by atoms with Gasteiger partial charge in [0.2, 0.25) is 11.9 Å². The van der Waals surface area contributed by atoms with Crippen molar-refractivity contribution >= 4 is 35.5 Å². The third-order valence-corrected chi connectivity index (χ3v) is 4.87. The molecule has 0 spiro atoms. The number of rotatable bonds is 6. The van der Waals surface area contributed by atoms with Crippen molar-refractivity contribution in [2.24, 2.45) is 10.8 Å². The number of nitrogens with one attached hydrogen (secondary N) is 1. The van der Waals surface area contributed by atoms with Gasteiger partial charge in [-0.2, -0.15) is 10.1 Å². The fourth-order valence-corrected chi connectivity index (χ4v) is 3.22. The van der Waals surface area contributed by atoms with Gasteiger partial charge in [-0.05, 0) is 30.3 Å². The van der Waals surface area contributed by atoms with E-state index in [0.717, 1.165) is 6.20 Å². The van der Waals surface area contributed by atoms with E-state index in [0.29, 0.717) is 43.4 Å². The van der Waals surface area contributed by atoms with Gasteiger partial charge in [-0.25, -0.2) is 14.8 Å². The minimum Gasteiger partial charge on any atom is -0.455 e. The Labute approximate surface area is 181 Å². The molecule has 1 aromatic carbocycles. The van der Waals surface area contributed by atoms with Gasteiger partial charge < -0.3 is 19.8 Å². The Hall–Kier alpha value is -3.50. The van der Waals surface area contributed by atoms with Crippen molar-refractivity contribution in [3.8, 4) is 11.3 Å². The van der Waals surface area contributed by atoms with Gasteiger partial charge in [0.05, 0.1) is 36.2 Å². The lowest BCUT2D eigenvalue weighted by Gasteiger charge is -2.27. The minimum atomic E-state index is -0.625. The summed E-state index contributed by atoms with van der Waals surface area (Å²) in [6, 6.07) is 8.27. The molecule has 4 rings (SSSR count). The standard InChI is InChI=1S/C20H18ClFN6O3/c21-15-3-1-12(9-14(15)18(23)29)17-4-2-13(31-17)10-25-27-20-24-11-16(22)19(26-20)28-5-7-30-8-6-28/h1-4,9-11H,5-8H2,(H2,23,29)(H,24,26,27)/b25-10-. The summed E-state index contributed by atoms with van der Waals surface area (Å²) in [7, 11) is 0. The first kappa shape index (κ1) is 20.8. The Balaban J connectivity index is 1.45. The second kappa shape index (κ2) is 9.11. The molecule has 1 aliphatic rings. The SMILES string of the molecule is NC(=O)c1cc(-c2ccc(/C=N\Nc3ncc(F)c(N4CCOCC4)n3)o2)ccc1Cl. The quantitative estimate of drug-likeness (QED) is 0.443. The highest BCUT2D eigenvalue weighted by atomic mass is 35.5. The Morgan fingerprint density at radius 3 is 2.87 bits per heavy atom. The lowest BCUT2D eigenvalue weighted by Crippen LogP contribution is -2.37. The lowest BCUT2D eigenvalue weighted by atomic mass is 10.1. The van der Waals surface area contributed by atoms with Crippen LogP contribution in [0.4, 0.5) is 16.2 Å². The number of carbonyl (C=O) groups excluding carboxylic acids is 1. The number of aromatic nitrogens is 2. The van der Waals surface area contributed by atoms with Crippen LogP contribution in [0.3, 0.4) is 0 Å². The topological polar surface area (TPSA) is 119 Å². The van der Waals surface area contributed by atoms with E-state index in [1.165, 1.54) is 6.21 Å². The zero-order valence-corrected chi connectivity index (χ0v) is 17.0. The maximum atomic E-state index is 14.1. The van der Waals surface area contributed by atoms with E-state index in [9.17, 15) is 9.18 Å². The average Bonchev–Trinajstić information content (AvgIpc) is 3.24. The van der Waals surface area contributed by atoms with Gasteiger partial charge >= 0.3 is 0 Å². The van der Waals surface area contributed by atoms with Gasteiger partial charge in [0.15, 0.2) is 11.6 Å². The summed E-state index contributed by atoms with van der Waals surface area (Å²) in [5.41, 5.74) is 8.84. The third-order valence-electron chi connectivity index (χ3n) is 4.54. The summed E-state index contributed by atoms with van der Waals surface area (Å²) in [4.78, 5) is 21.3. The Bertz CT molecular complexity index is 1130. The third kappa shape index (κ3) is 4.81. The van der Waals surface area contributed by atoms with Crippen molar-refractivity contribution in [3.63, 3.8) is 0 Å². The Morgan fingerprint density at radius 1 is 1.29 bits per heavy atom. The fourth-order valence-electron chi connectivity index (χ4n) is 3.01. The van der Waals surface area contributed by atoms with E-state index in [1.807, 2.05) is 0 Å². The van der Waals surface area contributed by atoms with Crippen molar-refractivity contribution in [2.75, 3.05) is 36.6 Å². The van der Waals surface area contributed by atoms with Crippen LogP contribution >= 0.6 is 11.6 Å². The highest BCUT2D eigenvalue weighted by Crippen LogP contribution is 2.26. The number of morpholine rings is 1. The molecule has 11 heteroatoms. The van der Waals surface area contributed by atoms with Gasteiger partial charge in [-0.1, -0.05) is 11.6 Å². The molecule has 1 amide bonds. The maximum Gasteiger partial charge on any atom is 0.250 e. The molecule has 0 aliphatic carbocycles. The fraction of sp³-hybridized carbons (Fsp3) is 0.200. The van der Waals surface area contributed by atoms with Gasteiger partial charge in [0, 0.05) is 18.7 Å². The summed E-state index contributed by atoms with van der Waals surface area (Å²) in [5.74, 6) is 0.159. The number of primary amides is 1. The molecule has 9 nitrogen and oxygen atoms in total. The first-order valence-corrected chi connectivity index (χ1v) is 9.73. The number of amides is 1. The number of anilines is 2. The molecule has 0 bridgehead atoms. The van der Waals surface area contributed by atoms with Crippen LogP contribution in [0.1, 0.15) is 16.1 Å². The molecule has 1 saturated heterocycles. The molecule has 0 unspecified atom stereocenters. The zero-order chi connectivity index (χ0) is 21.8. The number of hydrogen-bond acceptors (Lipinski definition) is 8. The van der Waals surface area contributed by atoms with E-state index in [4.69, 9.17) is 26.5 Å². The number of halogens is 2. The van der Waals surface area contributed by atoms with Crippen LogP contribution in [-0.4, -0.2) is 48.4 Å². The first-order chi connectivity index (χ1) is 15.0. The van der Waals surface area contributed by atoms with Crippen molar-refractivity contribution < 1.29 is 18.3 Å². The van der Waals surface area contributed by atoms with Crippen LogP contribution in [0.25, 0.3) is 11.3 Å². The van der Waals surface area contributed by atoms with Crippen LogP contribution < -0.4 is 16.1 Å². The predicted octanol–water partition coefficient (Wildman–Crippen LogP) is 2.91. The molecule has 31 heavy (non-hydrogen) atoms. The molecule has 0 radical (unpaired) electrons. The monoisotopic (exact) mass is 444 g/mol. The predicted molar refractivity (Wildman–Crippen MR) is 114 cm³/mol. The molecule has 1 aliphatic heterocycles. The molecule has 0 saturated carbocycles. The number of furan rings is 1. The van der Waals surface area contributed by atoms with Crippen LogP contribution in [0.2, 0.25) is 5.02 Å². The van der Waals surface area contributed by atoms with Crippen LogP contribution in [0, 0.1) is 5.82 Å². The number of ether oxygens (including phenoxy) is 1. The van der Waals surface area contributed by atoms with Gasteiger partial charge in [-0.3, -0.25) is 4.79 Å². The smallest absolute Gasteiger partial charge is 0.250 e. The van der Waals surface area contributed by atoms with E-state index < -0.39 is 11.7 Å². The van der Waals surface area contributed by atoms with Crippen LogP contribution in [0.15, 0.2) is 46.0 Å². The molecule has 2 aromatic heterocycles. The van der Waals surface area contributed by atoms with Gasteiger partial charge in [0.25, 0.3) is 0 Å². The van der Waals surface area contributed by atoms with E-state index in [-0.39, 0.29) is 22.4 Å². The number of nitrogens with zero attached hydrogens (tertiary/aromatic N) is 4. The Kier molecular flexibility index (Phi) is 6.10. The molecule has 3 N–H and O–H groups in total.